The molecule has 128 valence electrons. The SMILES string of the molecule is CCCOc1ccc2c(c1)[C@H](N1C(=O)C=CC1=O)[C@@H](OCCC)C2. The molecule has 1 aromatic rings. The summed E-state index contributed by atoms with van der Waals surface area (Å²) in [6.45, 7) is 5.35. The monoisotopic (exact) mass is 329 g/mol. The molecule has 1 aromatic carbocycles. The molecule has 0 radical (unpaired) electrons. The number of rotatable bonds is 7. The fourth-order valence-electron chi connectivity index (χ4n) is 3.28. The van der Waals surface area contributed by atoms with Gasteiger partial charge in [0.25, 0.3) is 11.8 Å². The molecule has 2 aliphatic rings. The van der Waals surface area contributed by atoms with Gasteiger partial charge < -0.3 is 9.47 Å². The Kier molecular flexibility index (Phi) is 5.00. The first-order valence-electron chi connectivity index (χ1n) is 8.58. The van der Waals surface area contributed by atoms with Crippen LogP contribution in [0.3, 0.4) is 0 Å². The van der Waals surface area contributed by atoms with Gasteiger partial charge in [-0.2, -0.15) is 0 Å². The third-order valence-electron chi connectivity index (χ3n) is 4.34. The number of imide groups is 1. The minimum atomic E-state index is -0.383. The molecular weight excluding hydrogens is 306 g/mol. The van der Waals surface area contributed by atoms with Crippen molar-refractivity contribution in [3.8, 4) is 5.75 Å². The van der Waals surface area contributed by atoms with E-state index in [4.69, 9.17) is 9.47 Å². The van der Waals surface area contributed by atoms with E-state index in [1.165, 1.54) is 17.1 Å². The minimum Gasteiger partial charge on any atom is -0.494 e. The van der Waals surface area contributed by atoms with E-state index in [-0.39, 0.29) is 24.0 Å². The van der Waals surface area contributed by atoms with E-state index in [0.29, 0.717) is 19.6 Å². The highest BCUT2D eigenvalue weighted by atomic mass is 16.5. The second-order valence-corrected chi connectivity index (χ2v) is 6.15. The van der Waals surface area contributed by atoms with E-state index in [2.05, 4.69) is 6.92 Å². The molecular formula is C19H23NO4. The molecule has 0 saturated carbocycles. The summed E-state index contributed by atoms with van der Waals surface area (Å²) in [6, 6.07) is 5.52. The van der Waals surface area contributed by atoms with Crippen LogP contribution in [0.1, 0.15) is 43.9 Å². The number of hydrogen-bond donors (Lipinski definition) is 0. The van der Waals surface area contributed by atoms with Crippen LogP contribution in [0.2, 0.25) is 0 Å². The summed E-state index contributed by atoms with van der Waals surface area (Å²) >= 11 is 0. The first kappa shape index (κ1) is 16.7. The smallest absolute Gasteiger partial charge is 0.254 e. The Bertz CT molecular complexity index is 649. The average Bonchev–Trinajstić information content (AvgIpc) is 3.10. The number of nitrogens with zero attached hydrogens (tertiary/aromatic N) is 1. The highest BCUT2D eigenvalue weighted by Gasteiger charge is 2.43. The van der Waals surface area contributed by atoms with E-state index in [9.17, 15) is 9.59 Å². The average molecular weight is 329 g/mol. The Morgan fingerprint density at radius 3 is 2.46 bits per heavy atom. The Labute approximate surface area is 142 Å². The van der Waals surface area contributed by atoms with Crippen LogP contribution in [0.4, 0.5) is 0 Å². The molecule has 24 heavy (non-hydrogen) atoms. The zero-order valence-electron chi connectivity index (χ0n) is 14.2. The number of carbonyl (C=O) groups excluding carboxylic acids is 2. The number of ether oxygens (including phenoxy) is 2. The normalized spacial score (nSPS) is 22.3. The predicted octanol–water partition coefficient (Wildman–Crippen LogP) is 2.79. The maximum atomic E-state index is 12.2. The lowest BCUT2D eigenvalue weighted by molar-refractivity contribution is -0.143. The van der Waals surface area contributed by atoms with Crippen LogP contribution in [0.15, 0.2) is 30.4 Å². The number of fused-ring (bicyclic) bond motifs is 1. The van der Waals surface area contributed by atoms with E-state index in [1.54, 1.807) is 0 Å². The highest BCUT2D eigenvalue weighted by Crippen LogP contribution is 2.41. The second-order valence-electron chi connectivity index (χ2n) is 6.15. The van der Waals surface area contributed by atoms with Gasteiger partial charge in [-0.3, -0.25) is 14.5 Å². The molecule has 0 aromatic heterocycles. The van der Waals surface area contributed by atoms with Crippen molar-refractivity contribution in [2.45, 2.75) is 45.3 Å². The molecule has 5 nitrogen and oxygen atoms in total. The summed E-state index contributed by atoms with van der Waals surface area (Å²) in [5.74, 6) is 0.217. The summed E-state index contributed by atoms with van der Waals surface area (Å²) in [7, 11) is 0. The largest absolute Gasteiger partial charge is 0.494 e. The van der Waals surface area contributed by atoms with Crippen molar-refractivity contribution >= 4 is 11.8 Å². The number of hydrogen-bond acceptors (Lipinski definition) is 4. The summed E-state index contributed by atoms with van der Waals surface area (Å²) in [6.07, 6.45) is 4.98. The van der Waals surface area contributed by atoms with Gasteiger partial charge in [-0.1, -0.05) is 19.9 Å². The summed E-state index contributed by atoms with van der Waals surface area (Å²) in [4.78, 5) is 25.7. The molecule has 2 atom stereocenters. The van der Waals surface area contributed by atoms with Gasteiger partial charge in [0.05, 0.1) is 18.8 Å². The Hall–Kier alpha value is -2.14. The fourth-order valence-corrected chi connectivity index (χ4v) is 3.28. The van der Waals surface area contributed by atoms with Gasteiger partial charge in [0.15, 0.2) is 0 Å². The highest BCUT2D eigenvalue weighted by molar-refractivity contribution is 6.13. The summed E-state index contributed by atoms with van der Waals surface area (Å²) < 4.78 is 11.7. The number of benzene rings is 1. The third kappa shape index (κ3) is 3.08. The molecule has 1 aliphatic carbocycles. The van der Waals surface area contributed by atoms with Crippen molar-refractivity contribution in [2.75, 3.05) is 13.2 Å². The maximum absolute atomic E-state index is 12.2. The molecule has 3 rings (SSSR count). The predicted molar refractivity (Wildman–Crippen MR) is 89.7 cm³/mol. The number of carbonyl (C=O) groups is 2. The fraction of sp³-hybridized carbons (Fsp3) is 0.474. The van der Waals surface area contributed by atoms with Crippen molar-refractivity contribution in [1.82, 2.24) is 4.90 Å². The molecule has 0 fully saturated rings. The zero-order chi connectivity index (χ0) is 17.1. The molecule has 0 saturated heterocycles. The Morgan fingerprint density at radius 2 is 1.79 bits per heavy atom. The molecule has 0 bridgehead atoms. The molecule has 5 heteroatoms. The van der Waals surface area contributed by atoms with Gasteiger partial charge in [-0.15, -0.1) is 0 Å². The molecule has 0 spiro atoms. The Morgan fingerprint density at radius 1 is 1.08 bits per heavy atom. The first-order valence-corrected chi connectivity index (χ1v) is 8.58. The quantitative estimate of drug-likeness (QED) is 0.722. The lowest BCUT2D eigenvalue weighted by Crippen LogP contribution is -2.39. The van der Waals surface area contributed by atoms with Gasteiger partial charge in [0.1, 0.15) is 5.75 Å². The van der Waals surface area contributed by atoms with Gasteiger partial charge in [-0.25, -0.2) is 0 Å². The molecule has 1 aliphatic heterocycles. The molecule has 1 heterocycles. The standard InChI is InChI=1S/C19H23NO4/c1-3-9-23-14-6-5-13-11-16(24-10-4-2)19(15(13)12-14)20-17(21)7-8-18(20)22/h5-8,12,16,19H,3-4,9-11H2,1-2H3/t16-,19-/m0/s1. The topological polar surface area (TPSA) is 55.8 Å². The maximum Gasteiger partial charge on any atom is 0.254 e. The van der Waals surface area contributed by atoms with Crippen LogP contribution in [0.25, 0.3) is 0 Å². The first-order chi connectivity index (χ1) is 11.7. The van der Waals surface area contributed by atoms with Crippen LogP contribution in [0, 0.1) is 0 Å². The van der Waals surface area contributed by atoms with Crippen molar-refractivity contribution < 1.29 is 19.1 Å². The van der Waals surface area contributed by atoms with Crippen molar-refractivity contribution in [1.29, 1.82) is 0 Å². The van der Waals surface area contributed by atoms with Gasteiger partial charge in [0, 0.05) is 25.2 Å². The van der Waals surface area contributed by atoms with Crippen LogP contribution in [0.5, 0.6) is 5.75 Å². The van der Waals surface area contributed by atoms with Crippen LogP contribution in [-0.2, 0) is 20.7 Å². The van der Waals surface area contributed by atoms with E-state index < -0.39 is 0 Å². The van der Waals surface area contributed by atoms with Gasteiger partial charge >= 0.3 is 0 Å². The van der Waals surface area contributed by atoms with Gasteiger partial charge in [-0.05, 0) is 36.1 Å². The van der Waals surface area contributed by atoms with E-state index in [0.717, 1.165) is 29.7 Å². The zero-order valence-corrected chi connectivity index (χ0v) is 14.2. The lowest BCUT2D eigenvalue weighted by Gasteiger charge is -2.28. The van der Waals surface area contributed by atoms with Crippen molar-refractivity contribution in [2.24, 2.45) is 0 Å². The van der Waals surface area contributed by atoms with E-state index in [1.807, 2.05) is 25.1 Å². The molecule has 2 amide bonds. The van der Waals surface area contributed by atoms with Crippen LogP contribution in [-0.4, -0.2) is 36.0 Å². The summed E-state index contributed by atoms with van der Waals surface area (Å²) in [5, 5.41) is 0. The third-order valence-corrected chi connectivity index (χ3v) is 4.34. The Balaban J connectivity index is 1.93. The van der Waals surface area contributed by atoms with Crippen molar-refractivity contribution in [3.05, 3.63) is 41.5 Å². The van der Waals surface area contributed by atoms with E-state index >= 15 is 0 Å². The summed E-state index contributed by atoms with van der Waals surface area (Å²) in [5.41, 5.74) is 2.06. The second kappa shape index (κ2) is 7.18. The van der Waals surface area contributed by atoms with Crippen LogP contribution < -0.4 is 4.74 Å². The van der Waals surface area contributed by atoms with Gasteiger partial charge in [0.2, 0.25) is 0 Å². The molecule has 0 N–H and O–H groups in total. The molecule has 0 unspecified atom stereocenters. The minimum absolute atomic E-state index is 0.200. The number of amides is 2. The van der Waals surface area contributed by atoms with Crippen LogP contribution >= 0.6 is 0 Å². The van der Waals surface area contributed by atoms with Crippen molar-refractivity contribution in [3.63, 3.8) is 0 Å². The lowest BCUT2D eigenvalue weighted by atomic mass is 10.1.